The van der Waals surface area contributed by atoms with Crippen molar-refractivity contribution in [1.29, 1.82) is 5.26 Å². The molecule has 118 valence electrons. The lowest BCUT2D eigenvalue weighted by Crippen LogP contribution is -2.32. The van der Waals surface area contributed by atoms with Gasteiger partial charge in [0.05, 0.1) is 17.9 Å². The minimum atomic E-state index is -0.445. The first-order valence-corrected chi connectivity index (χ1v) is 7.43. The van der Waals surface area contributed by atoms with E-state index >= 15 is 0 Å². The van der Waals surface area contributed by atoms with Gasteiger partial charge in [0.25, 0.3) is 0 Å². The molecule has 0 saturated heterocycles. The molecule has 0 fully saturated rings. The van der Waals surface area contributed by atoms with Gasteiger partial charge in [0.2, 0.25) is 5.91 Å². The number of benzene rings is 2. The third-order valence-electron chi connectivity index (χ3n) is 3.25. The van der Waals surface area contributed by atoms with Crippen LogP contribution in [-0.4, -0.2) is 18.6 Å². The Morgan fingerprint density at radius 3 is 2.57 bits per heavy atom. The van der Waals surface area contributed by atoms with Crippen molar-refractivity contribution in [3.05, 3.63) is 54.1 Å². The average Bonchev–Trinajstić information content (AvgIpc) is 2.57. The van der Waals surface area contributed by atoms with Crippen molar-refractivity contribution in [3.63, 3.8) is 0 Å². The number of amides is 1. The zero-order chi connectivity index (χ0) is 16.7. The van der Waals surface area contributed by atoms with Crippen molar-refractivity contribution in [1.82, 2.24) is 0 Å². The fourth-order valence-corrected chi connectivity index (χ4v) is 2.06. The van der Waals surface area contributed by atoms with Crippen LogP contribution in [0.3, 0.4) is 0 Å². The Morgan fingerprint density at radius 2 is 1.91 bits per heavy atom. The van der Waals surface area contributed by atoms with Crippen LogP contribution < -0.4 is 15.4 Å². The van der Waals surface area contributed by atoms with Gasteiger partial charge in [0, 0.05) is 5.69 Å². The molecule has 0 aliphatic carbocycles. The van der Waals surface area contributed by atoms with Crippen molar-refractivity contribution >= 4 is 17.3 Å². The van der Waals surface area contributed by atoms with E-state index in [1.54, 1.807) is 31.2 Å². The van der Waals surface area contributed by atoms with Crippen LogP contribution >= 0.6 is 0 Å². The van der Waals surface area contributed by atoms with Gasteiger partial charge in [-0.25, -0.2) is 0 Å². The minimum Gasteiger partial charge on any atom is -0.494 e. The van der Waals surface area contributed by atoms with Gasteiger partial charge < -0.3 is 15.4 Å². The lowest BCUT2D eigenvalue weighted by molar-refractivity contribution is -0.116. The zero-order valence-electron chi connectivity index (χ0n) is 13.2. The third kappa shape index (κ3) is 4.48. The normalized spacial score (nSPS) is 11.2. The fourth-order valence-electron chi connectivity index (χ4n) is 2.06. The quantitative estimate of drug-likeness (QED) is 0.857. The summed E-state index contributed by atoms with van der Waals surface area (Å²) in [6.07, 6.45) is 0. The Morgan fingerprint density at radius 1 is 1.22 bits per heavy atom. The first-order valence-electron chi connectivity index (χ1n) is 7.43. The van der Waals surface area contributed by atoms with Gasteiger partial charge in [-0.15, -0.1) is 0 Å². The molecular formula is C18H19N3O2. The number of nitrogens with zero attached hydrogens (tertiary/aromatic N) is 1. The highest BCUT2D eigenvalue weighted by atomic mass is 16.5. The number of carbonyl (C=O) groups is 1. The zero-order valence-corrected chi connectivity index (χ0v) is 13.2. The summed E-state index contributed by atoms with van der Waals surface area (Å²) >= 11 is 0. The van der Waals surface area contributed by atoms with Crippen molar-refractivity contribution in [2.24, 2.45) is 0 Å². The van der Waals surface area contributed by atoms with E-state index in [0.717, 1.165) is 11.4 Å². The van der Waals surface area contributed by atoms with Crippen LogP contribution in [0.4, 0.5) is 11.4 Å². The van der Waals surface area contributed by atoms with E-state index in [1.807, 2.05) is 31.2 Å². The van der Waals surface area contributed by atoms with Crippen molar-refractivity contribution in [2.75, 3.05) is 17.2 Å². The molecule has 0 bridgehead atoms. The molecule has 0 aromatic heterocycles. The molecule has 0 aliphatic rings. The van der Waals surface area contributed by atoms with Gasteiger partial charge in [0.1, 0.15) is 17.9 Å². The maximum absolute atomic E-state index is 12.2. The fraction of sp³-hybridized carbons (Fsp3) is 0.222. The predicted molar refractivity (Wildman–Crippen MR) is 90.5 cm³/mol. The molecule has 2 N–H and O–H groups in total. The highest BCUT2D eigenvalue weighted by Gasteiger charge is 2.14. The van der Waals surface area contributed by atoms with Gasteiger partial charge in [0.15, 0.2) is 0 Å². The van der Waals surface area contributed by atoms with E-state index < -0.39 is 6.04 Å². The number of ether oxygens (including phenoxy) is 1. The molecule has 2 aromatic carbocycles. The number of nitrogens with one attached hydrogen (secondary N) is 2. The Balaban J connectivity index is 1.98. The molecule has 2 aromatic rings. The van der Waals surface area contributed by atoms with Gasteiger partial charge in [-0.1, -0.05) is 12.1 Å². The molecule has 0 heterocycles. The van der Waals surface area contributed by atoms with E-state index in [9.17, 15) is 4.79 Å². The smallest absolute Gasteiger partial charge is 0.246 e. The number of rotatable bonds is 6. The summed E-state index contributed by atoms with van der Waals surface area (Å²) in [5.41, 5.74) is 1.78. The van der Waals surface area contributed by atoms with E-state index in [1.165, 1.54) is 0 Å². The van der Waals surface area contributed by atoms with Gasteiger partial charge in [-0.05, 0) is 50.2 Å². The first-order chi connectivity index (χ1) is 11.1. The Labute approximate surface area is 135 Å². The summed E-state index contributed by atoms with van der Waals surface area (Å²) in [6.45, 7) is 4.31. The van der Waals surface area contributed by atoms with Crippen LogP contribution in [-0.2, 0) is 4.79 Å². The van der Waals surface area contributed by atoms with Gasteiger partial charge in [-0.3, -0.25) is 4.79 Å². The predicted octanol–water partition coefficient (Wildman–Crippen LogP) is 3.40. The lowest BCUT2D eigenvalue weighted by atomic mass is 10.2. The van der Waals surface area contributed by atoms with Crippen molar-refractivity contribution in [2.45, 2.75) is 19.9 Å². The van der Waals surface area contributed by atoms with Crippen LogP contribution in [0.5, 0.6) is 5.75 Å². The van der Waals surface area contributed by atoms with Gasteiger partial charge >= 0.3 is 0 Å². The number of hydrogen-bond acceptors (Lipinski definition) is 4. The topological polar surface area (TPSA) is 74.2 Å². The van der Waals surface area contributed by atoms with Gasteiger partial charge in [-0.2, -0.15) is 5.26 Å². The number of anilines is 2. The molecule has 0 saturated carbocycles. The summed E-state index contributed by atoms with van der Waals surface area (Å²) in [7, 11) is 0. The molecule has 0 unspecified atom stereocenters. The van der Waals surface area contributed by atoms with E-state index in [0.29, 0.717) is 17.9 Å². The Kier molecular flexibility index (Phi) is 5.59. The number of para-hydroxylation sites is 1. The molecular weight excluding hydrogens is 290 g/mol. The van der Waals surface area contributed by atoms with E-state index in [2.05, 4.69) is 16.7 Å². The highest BCUT2D eigenvalue weighted by Crippen LogP contribution is 2.17. The Bertz CT molecular complexity index is 705. The van der Waals surface area contributed by atoms with Crippen LogP contribution in [0.2, 0.25) is 0 Å². The molecule has 0 spiro atoms. The van der Waals surface area contributed by atoms with E-state index in [-0.39, 0.29) is 5.91 Å². The summed E-state index contributed by atoms with van der Waals surface area (Å²) in [6, 6.07) is 15.9. The van der Waals surface area contributed by atoms with Crippen LogP contribution in [0, 0.1) is 11.3 Å². The molecule has 0 radical (unpaired) electrons. The molecule has 1 amide bonds. The standard InChI is InChI=1S/C18H19N3O2/c1-3-23-16-10-8-15(9-11-16)20-13(2)18(22)21-17-7-5-4-6-14(17)12-19/h4-11,13,20H,3H2,1-2H3,(H,21,22)/t13-/m1/s1. The molecule has 1 atom stereocenters. The summed E-state index contributed by atoms with van der Waals surface area (Å²) in [5.74, 6) is 0.583. The van der Waals surface area contributed by atoms with Crippen LogP contribution in [0.1, 0.15) is 19.4 Å². The highest BCUT2D eigenvalue weighted by molar-refractivity contribution is 5.97. The van der Waals surface area contributed by atoms with Crippen LogP contribution in [0.15, 0.2) is 48.5 Å². The maximum atomic E-state index is 12.2. The molecule has 23 heavy (non-hydrogen) atoms. The van der Waals surface area contributed by atoms with E-state index in [4.69, 9.17) is 10.00 Å². The Hall–Kier alpha value is -3.00. The number of hydrogen-bond donors (Lipinski definition) is 2. The second-order valence-electron chi connectivity index (χ2n) is 4.97. The molecule has 5 nitrogen and oxygen atoms in total. The molecule has 0 aliphatic heterocycles. The molecule has 5 heteroatoms. The second-order valence-corrected chi connectivity index (χ2v) is 4.97. The van der Waals surface area contributed by atoms with Crippen LogP contribution in [0.25, 0.3) is 0 Å². The SMILES string of the molecule is CCOc1ccc(N[C@H](C)C(=O)Nc2ccccc2C#N)cc1. The lowest BCUT2D eigenvalue weighted by Gasteiger charge is -2.16. The first kappa shape index (κ1) is 16.4. The maximum Gasteiger partial charge on any atom is 0.246 e. The second kappa shape index (κ2) is 7.85. The third-order valence-corrected chi connectivity index (χ3v) is 3.25. The summed E-state index contributed by atoms with van der Waals surface area (Å²) in [5, 5.41) is 14.9. The molecule has 2 rings (SSSR count). The van der Waals surface area contributed by atoms with Crippen molar-refractivity contribution in [3.8, 4) is 11.8 Å². The average molecular weight is 309 g/mol. The van der Waals surface area contributed by atoms with Crippen molar-refractivity contribution < 1.29 is 9.53 Å². The summed E-state index contributed by atoms with van der Waals surface area (Å²) < 4.78 is 5.38. The monoisotopic (exact) mass is 309 g/mol. The summed E-state index contributed by atoms with van der Waals surface area (Å²) in [4.78, 5) is 12.2. The minimum absolute atomic E-state index is 0.207. The number of nitriles is 1. The number of carbonyl (C=O) groups excluding carboxylic acids is 1. The largest absolute Gasteiger partial charge is 0.494 e.